The van der Waals surface area contributed by atoms with E-state index in [1.807, 2.05) is 0 Å². The highest BCUT2D eigenvalue weighted by molar-refractivity contribution is 5.68. The van der Waals surface area contributed by atoms with Crippen LogP contribution < -0.4 is 0 Å². The van der Waals surface area contributed by atoms with Crippen molar-refractivity contribution < 1.29 is 33.7 Å². The average molecular weight is 264 g/mol. The lowest BCUT2D eigenvalue weighted by atomic mass is 10.5. The van der Waals surface area contributed by atoms with E-state index in [0.29, 0.717) is 45.0 Å². The first-order chi connectivity index (χ1) is 8.84. The number of carbonyl (C=O) groups is 1. The van der Waals surface area contributed by atoms with Crippen molar-refractivity contribution in [1.82, 2.24) is 10.6 Å². The Hall–Kier alpha value is -0.810. The molecule has 0 unspecified atom stereocenters. The van der Waals surface area contributed by atoms with Crippen LogP contribution in [0.5, 0.6) is 0 Å². The summed E-state index contributed by atoms with van der Waals surface area (Å²) in [6.07, 6.45) is 0.116. The molecule has 2 saturated heterocycles. The lowest BCUT2D eigenvalue weighted by Gasteiger charge is -2.12. The molecule has 0 spiro atoms. The van der Waals surface area contributed by atoms with Crippen LogP contribution >= 0.6 is 0 Å². The lowest BCUT2D eigenvalue weighted by molar-refractivity contribution is -0.460. The largest absolute Gasteiger partial charge is 0.379 e. The molecule has 2 fully saturated rings. The van der Waals surface area contributed by atoms with Crippen molar-refractivity contribution in [2.24, 2.45) is 0 Å². The van der Waals surface area contributed by atoms with Crippen molar-refractivity contribution in [3.8, 4) is 0 Å². The summed E-state index contributed by atoms with van der Waals surface area (Å²) in [6.45, 7) is 3.02. The highest BCUT2D eigenvalue weighted by Gasteiger charge is 2.19. The van der Waals surface area contributed by atoms with E-state index in [4.69, 9.17) is 28.9 Å². The maximum atomic E-state index is 11.3. The third-order valence-corrected chi connectivity index (χ3v) is 2.08. The molecule has 0 aromatic heterocycles. The highest BCUT2D eigenvalue weighted by atomic mass is 17.2. The molecule has 2 aliphatic rings. The van der Waals surface area contributed by atoms with Crippen LogP contribution in [0.1, 0.15) is 6.42 Å². The van der Waals surface area contributed by atoms with Crippen LogP contribution in [0.15, 0.2) is 0 Å². The molecule has 0 atom stereocenters. The molecule has 0 aromatic carbocycles. The van der Waals surface area contributed by atoms with Crippen molar-refractivity contribution in [3.63, 3.8) is 0 Å². The van der Waals surface area contributed by atoms with Gasteiger partial charge in [0.1, 0.15) is 18.6 Å². The first-order valence-electron chi connectivity index (χ1n) is 5.72. The number of hydrogen-bond donors (Lipinski definition) is 0. The lowest BCUT2D eigenvalue weighted by Crippen LogP contribution is -2.24. The minimum Gasteiger partial charge on any atom is -0.379 e. The fraction of sp³-hybridized carbons (Fsp3) is 0.889. The average Bonchev–Trinajstić information content (AvgIpc) is 3.01. The molecule has 9 nitrogen and oxygen atoms in total. The van der Waals surface area contributed by atoms with E-state index in [9.17, 15) is 4.79 Å². The molecule has 0 aromatic rings. The van der Waals surface area contributed by atoms with E-state index >= 15 is 0 Å². The van der Waals surface area contributed by atoms with Gasteiger partial charge in [0.2, 0.25) is 0 Å². The summed E-state index contributed by atoms with van der Waals surface area (Å²) in [5.74, 6) is -0.481. The summed E-state index contributed by atoms with van der Waals surface area (Å²) in [6, 6.07) is 0. The monoisotopic (exact) mass is 264 g/mol. The van der Waals surface area contributed by atoms with Gasteiger partial charge >= 0.3 is 5.97 Å². The Bertz CT molecular complexity index is 253. The predicted octanol–water partition coefficient (Wildman–Crippen LogP) is -0.791. The Morgan fingerprint density at radius 2 is 1.67 bits per heavy atom. The highest BCUT2D eigenvalue weighted by Crippen LogP contribution is 2.04. The van der Waals surface area contributed by atoms with Crippen molar-refractivity contribution >= 4 is 5.97 Å². The zero-order valence-corrected chi connectivity index (χ0v) is 9.91. The molecule has 0 amide bonds. The number of carbonyl (C=O) groups excluding carboxylic acids is 1. The molecular formula is C9H16N2O7. The van der Waals surface area contributed by atoms with E-state index in [2.05, 4.69) is 0 Å². The maximum absolute atomic E-state index is 11.3. The zero-order chi connectivity index (χ0) is 12.6. The minimum absolute atomic E-state index is 0.116. The molecule has 104 valence electrons. The molecule has 2 rings (SSSR count). The summed E-state index contributed by atoms with van der Waals surface area (Å²) in [5.41, 5.74) is 0. The maximum Gasteiger partial charge on any atom is 0.333 e. The Balaban J connectivity index is 1.43. The number of ether oxygens (including phenoxy) is 1. The van der Waals surface area contributed by atoms with Crippen LogP contribution in [0.4, 0.5) is 0 Å². The number of rotatable bonds is 7. The van der Waals surface area contributed by atoms with Gasteiger partial charge in [0, 0.05) is 0 Å². The normalized spacial score (nSPS) is 21.6. The molecule has 0 bridgehead atoms. The van der Waals surface area contributed by atoms with E-state index in [1.165, 1.54) is 5.23 Å². The summed E-state index contributed by atoms with van der Waals surface area (Å²) < 4.78 is 5.23. The molecule has 2 heterocycles. The van der Waals surface area contributed by atoms with Gasteiger partial charge in [-0.15, -0.1) is 0 Å². The first-order valence-corrected chi connectivity index (χ1v) is 5.72. The molecule has 0 saturated carbocycles. The second-order valence-electron chi connectivity index (χ2n) is 3.44. The van der Waals surface area contributed by atoms with Gasteiger partial charge < -0.3 is 9.57 Å². The molecule has 9 heteroatoms. The molecule has 2 aliphatic heterocycles. The standard InChI is InChI=1S/C9H16N2O7/c12-9(18-11-16-7-8-17-11)1-3-13-4-2-10-14-5-6-15-10/h1-8H2. The van der Waals surface area contributed by atoms with Gasteiger partial charge in [-0.1, -0.05) is 5.23 Å². The van der Waals surface area contributed by atoms with Crippen LogP contribution in [-0.4, -0.2) is 62.8 Å². The van der Waals surface area contributed by atoms with Crippen molar-refractivity contribution in [1.29, 1.82) is 0 Å². The quantitative estimate of drug-likeness (QED) is 0.549. The topological polar surface area (TPSA) is 78.9 Å². The van der Waals surface area contributed by atoms with Crippen molar-refractivity contribution in [3.05, 3.63) is 0 Å². The van der Waals surface area contributed by atoms with E-state index < -0.39 is 5.97 Å². The van der Waals surface area contributed by atoms with Crippen molar-refractivity contribution in [2.45, 2.75) is 6.42 Å². The Morgan fingerprint density at radius 1 is 1.00 bits per heavy atom. The number of hydrogen-bond acceptors (Lipinski definition) is 9. The van der Waals surface area contributed by atoms with Crippen LogP contribution in [0.3, 0.4) is 0 Å². The van der Waals surface area contributed by atoms with Crippen LogP contribution in [0, 0.1) is 0 Å². The number of hydroxylamine groups is 2. The van der Waals surface area contributed by atoms with E-state index in [1.54, 1.807) is 0 Å². The fourth-order valence-electron chi connectivity index (χ4n) is 1.28. The smallest absolute Gasteiger partial charge is 0.333 e. The zero-order valence-electron chi connectivity index (χ0n) is 9.91. The summed E-state index contributed by atoms with van der Waals surface area (Å²) >= 11 is 0. The second kappa shape index (κ2) is 7.59. The van der Waals surface area contributed by atoms with E-state index in [-0.39, 0.29) is 13.0 Å². The molecule has 18 heavy (non-hydrogen) atoms. The van der Waals surface area contributed by atoms with Gasteiger partial charge in [-0.3, -0.25) is 14.5 Å². The minimum atomic E-state index is -0.481. The summed E-state index contributed by atoms with van der Waals surface area (Å²) in [7, 11) is 0. The second-order valence-corrected chi connectivity index (χ2v) is 3.44. The van der Waals surface area contributed by atoms with Gasteiger partial charge in [-0.2, -0.15) is 0 Å². The molecule has 0 radical (unpaired) electrons. The predicted molar refractivity (Wildman–Crippen MR) is 53.9 cm³/mol. The van der Waals surface area contributed by atoms with Crippen molar-refractivity contribution in [2.75, 3.05) is 46.2 Å². The fourth-order valence-corrected chi connectivity index (χ4v) is 1.28. The van der Waals surface area contributed by atoms with Crippen LogP contribution in [0.25, 0.3) is 0 Å². The van der Waals surface area contributed by atoms with E-state index in [0.717, 1.165) is 0 Å². The Morgan fingerprint density at radius 3 is 2.39 bits per heavy atom. The third-order valence-electron chi connectivity index (χ3n) is 2.08. The van der Waals surface area contributed by atoms with Gasteiger partial charge in [-0.25, -0.2) is 9.68 Å². The van der Waals surface area contributed by atoms with Gasteiger partial charge in [0.25, 0.3) is 0 Å². The van der Waals surface area contributed by atoms with Crippen LogP contribution in [0.2, 0.25) is 0 Å². The first kappa shape index (κ1) is 13.6. The van der Waals surface area contributed by atoms with Crippen LogP contribution in [-0.2, 0) is 33.7 Å². The Labute approximate surface area is 104 Å². The molecule has 0 aliphatic carbocycles. The van der Waals surface area contributed by atoms with Gasteiger partial charge in [0.15, 0.2) is 0 Å². The summed E-state index contributed by atoms with van der Waals surface area (Å²) in [4.78, 5) is 35.7. The summed E-state index contributed by atoms with van der Waals surface area (Å²) in [5, 5.41) is 2.08. The molecular weight excluding hydrogens is 248 g/mol. The molecule has 0 N–H and O–H groups in total. The SMILES string of the molecule is O=C(CCOCCN1OCCO1)ON1OCCO1. The Kier molecular flexibility index (Phi) is 5.74. The van der Waals surface area contributed by atoms with Gasteiger partial charge in [0.05, 0.1) is 39.4 Å². The number of nitrogens with zero attached hydrogens (tertiary/aromatic N) is 2. The third kappa shape index (κ3) is 4.82. The van der Waals surface area contributed by atoms with Gasteiger partial charge in [-0.05, 0) is 0 Å².